The molecule has 1 aliphatic heterocycles. The molecule has 1 N–H and O–H groups in total. The van der Waals surface area contributed by atoms with Crippen LogP contribution in [0.1, 0.15) is 56.4 Å². The highest BCUT2D eigenvalue weighted by molar-refractivity contribution is 9.10. The van der Waals surface area contributed by atoms with E-state index in [-0.39, 0.29) is 29.5 Å². The number of ether oxygens (including phenoxy) is 1. The summed E-state index contributed by atoms with van der Waals surface area (Å²) in [5, 5.41) is 3.16. The van der Waals surface area contributed by atoms with Gasteiger partial charge in [-0.25, -0.2) is 4.39 Å². The number of carbonyl (C=O) groups is 1. The third kappa shape index (κ3) is 4.51. The van der Waals surface area contributed by atoms with Gasteiger partial charge in [0, 0.05) is 29.3 Å². The monoisotopic (exact) mass is 419 g/mol. The van der Waals surface area contributed by atoms with Gasteiger partial charge < -0.3 is 10.1 Å². The molecule has 1 fully saturated rings. The molecule has 0 radical (unpaired) electrons. The van der Waals surface area contributed by atoms with Crippen molar-refractivity contribution < 1.29 is 13.9 Å². The van der Waals surface area contributed by atoms with Crippen LogP contribution >= 0.6 is 15.9 Å². The van der Waals surface area contributed by atoms with Gasteiger partial charge in [-0.3, -0.25) is 4.79 Å². The van der Waals surface area contributed by atoms with Crippen LogP contribution in [0.15, 0.2) is 53.0 Å². The van der Waals surface area contributed by atoms with Gasteiger partial charge >= 0.3 is 0 Å². The van der Waals surface area contributed by atoms with Gasteiger partial charge in [0.25, 0.3) is 0 Å². The quantitative estimate of drug-likeness (QED) is 0.713. The van der Waals surface area contributed by atoms with Crippen LogP contribution in [0.3, 0.4) is 0 Å². The lowest BCUT2D eigenvalue weighted by molar-refractivity contribution is -0.128. The first-order valence-electron chi connectivity index (χ1n) is 8.86. The Morgan fingerprint density at radius 1 is 1.12 bits per heavy atom. The number of carbonyl (C=O) groups excluding carboxylic acids is 1. The molecule has 0 aliphatic carbocycles. The van der Waals surface area contributed by atoms with Crippen molar-refractivity contribution in [3.8, 4) is 0 Å². The molecule has 1 saturated heterocycles. The van der Waals surface area contributed by atoms with Gasteiger partial charge in [0.1, 0.15) is 5.82 Å². The zero-order valence-corrected chi connectivity index (χ0v) is 16.6. The molecule has 3 rings (SSSR count). The number of amides is 1. The molecule has 5 heteroatoms. The number of halogens is 2. The second-order valence-corrected chi connectivity index (χ2v) is 8.00. The average molecular weight is 420 g/mol. The molecule has 26 heavy (non-hydrogen) atoms. The summed E-state index contributed by atoms with van der Waals surface area (Å²) in [6.45, 7) is 3.91. The number of rotatable bonds is 4. The number of hydrogen-bond donors (Lipinski definition) is 1. The maximum atomic E-state index is 13.3. The van der Waals surface area contributed by atoms with E-state index < -0.39 is 0 Å². The fraction of sp³-hybridized carbons (Fsp3) is 0.381. The number of benzene rings is 2. The molecule has 0 saturated carbocycles. The summed E-state index contributed by atoms with van der Waals surface area (Å²) in [6, 6.07) is 14.4. The zero-order valence-electron chi connectivity index (χ0n) is 15.0. The van der Waals surface area contributed by atoms with Gasteiger partial charge in [0.05, 0.1) is 12.2 Å². The van der Waals surface area contributed by atoms with Crippen molar-refractivity contribution in [2.75, 3.05) is 0 Å². The second-order valence-electron chi connectivity index (χ2n) is 7.09. The summed E-state index contributed by atoms with van der Waals surface area (Å²) >= 11 is 3.46. The Labute approximate surface area is 162 Å². The van der Waals surface area contributed by atoms with Crippen molar-refractivity contribution in [2.24, 2.45) is 0 Å². The van der Waals surface area contributed by atoms with E-state index in [2.05, 4.69) is 28.2 Å². The van der Waals surface area contributed by atoms with Crippen molar-refractivity contribution in [1.29, 1.82) is 0 Å². The molecule has 1 aliphatic rings. The van der Waals surface area contributed by atoms with Gasteiger partial charge in [-0.1, -0.05) is 47.1 Å². The summed E-state index contributed by atoms with van der Waals surface area (Å²) in [5.74, 6) is -0.238. The van der Waals surface area contributed by atoms with Crippen molar-refractivity contribution >= 4 is 21.8 Å². The van der Waals surface area contributed by atoms with E-state index in [1.807, 2.05) is 31.2 Å². The third-order valence-electron chi connectivity index (χ3n) is 4.85. The Bertz CT molecular complexity index is 707. The highest BCUT2D eigenvalue weighted by Gasteiger charge is 2.40. The minimum Gasteiger partial charge on any atom is -0.365 e. The van der Waals surface area contributed by atoms with E-state index in [4.69, 9.17) is 4.74 Å². The minimum atomic E-state index is -0.387. The number of nitrogens with one attached hydrogen (secondary N) is 1. The zero-order chi connectivity index (χ0) is 18.7. The Hall–Kier alpha value is -1.72. The van der Waals surface area contributed by atoms with Gasteiger partial charge in [-0.2, -0.15) is 0 Å². The predicted molar refractivity (Wildman–Crippen MR) is 103 cm³/mol. The second kappa shape index (κ2) is 7.89. The molecule has 1 amide bonds. The molecule has 3 nitrogen and oxygen atoms in total. The van der Waals surface area contributed by atoms with Crippen LogP contribution in [0.4, 0.5) is 4.39 Å². The van der Waals surface area contributed by atoms with E-state index >= 15 is 0 Å². The fourth-order valence-corrected chi connectivity index (χ4v) is 3.74. The predicted octanol–water partition coefficient (Wildman–Crippen LogP) is 5.47. The molecular formula is C21H23BrFNO2. The van der Waals surface area contributed by atoms with Crippen molar-refractivity contribution in [2.45, 2.75) is 50.9 Å². The topological polar surface area (TPSA) is 38.3 Å². The lowest BCUT2D eigenvalue weighted by Gasteiger charge is -2.43. The first kappa shape index (κ1) is 19.1. The minimum absolute atomic E-state index is 0.0295. The molecule has 2 aromatic rings. The molecule has 0 aromatic heterocycles. The van der Waals surface area contributed by atoms with E-state index in [1.54, 1.807) is 12.1 Å². The molecular weight excluding hydrogens is 397 g/mol. The van der Waals surface area contributed by atoms with Crippen LogP contribution in [0.5, 0.6) is 0 Å². The van der Waals surface area contributed by atoms with E-state index in [0.29, 0.717) is 19.3 Å². The molecule has 0 spiro atoms. The average Bonchev–Trinajstić information content (AvgIpc) is 2.62. The summed E-state index contributed by atoms with van der Waals surface area (Å²) in [6.07, 6.45) is 1.44. The third-order valence-corrected chi connectivity index (χ3v) is 5.37. The van der Waals surface area contributed by atoms with Gasteiger partial charge in [-0.05, 0) is 42.3 Å². The summed E-state index contributed by atoms with van der Waals surface area (Å²) in [7, 11) is 0. The van der Waals surface area contributed by atoms with Crippen molar-refractivity contribution in [1.82, 2.24) is 5.32 Å². The lowest BCUT2D eigenvalue weighted by atomic mass is 9.81. The standard InChI is InChI=1S/C21H23BrFNO2/c1-3-20(25)24-21(2)12-18(14-4-8-16(22)9-5-14)26-19(13-21)15-6-10-17(23)11-7-15/h4-11,18-19H,3,12-13H2,1-2H3,(H,24,25)/t18-,19+,21-/m1/s1. The first-order chi connectivity index (χ1) is 12.4. The van der Waals surface area contributed by atoms with Crippen LogP contribution in [0.25, 0.3) is 0 Å². The van der Waals surface area contributed by atoms with Gasteiger partial charge in [0.2, 0.25) is 5.91 Å². The van der Waals surface area contributed by atoms with Crippen LogP contribution in [-0.4, -0.2) is 11.4 Å². The fourth-order valence-electron chi connectivity index (χ4n) is 3.47. The van der Waals surface area contributed by atoms with E-state index in [9.17, 15) is 9.18 Å². The first-order valence-corrected chi connectivity index (χ1v) is 9.65. The van der Waals surface area contributed by atoms with E-state index in [0.717, 1.165) is 15.6 Å². The number of hydrogen-bond acceptors (Lipinski definition) is 2. The van der Waals surface area contributed by atoms with Gasteiger partial charge in [0.15, 0.2) is 0 Å². The maximum Gasteiger partial charge on any atom is 0.220 e. The molecule has 1 heterocycles. The van der Waals surface area contributed by atoms with Crippen LogP contribution in [0.2, 0.25) is 0 Å². The van der Waals surface area contributed by atoms with E-state index in [1.165, 1.54) is 12.1 Å². The largest absolute Gasteiger partial charge is 0.365 e. The molecule has 2 aromatic carbocycles. The lowest BCUT2D eigenvalue weighted by Crippen LogP contribution is -2.50. The Kier molecular flexibility index (Phi) is 5.78. The Morgan fingerprint density at radius 3 is 2.12 bits per heavy atom. The summed E-state index contributed by atoms with van der Waals surface area (Å²) in [5.41, 5.74) is 1.60. The highest BCUT2D eigenvalue weighted by Crippen LogP contribution is 2.43. The van der Waals surface area contributed by atoms with Crippen LogP contribution in [-0.2, 0) is 9.53 Å². The van der Waals surface area contributed by atoms with Crippen LogP contribution in [0, 0.1) is 5.82 Å². The normalized spacial score (nSPS) is 25.7. The smallest absolute Gasteiger partial charge is 0.220 e. The van der Waals surface area contributed by atoms with Crippen molar-refractivity contribution in [3.63, 3.8) is 0 Å². The highest BCUT2D eigenvalue weighted by atomic mass is 79.9. The molecule has 0 unspecified atom stereocenters. The summed E-state index contributed by atoms with van der Waals surface area (Å²) < 4.78 is 20.7. The Balaban J connectivity index is 1.90. The van der Waals surface area contributed by atoms with Crippen LogP contribution < -0.4 is 5.32 Å². The SMILES string of the molecule is CCC(=O)N[C@@]1(C)C[C@@H](c2ccc(F)cc2)O[C@@H](c2ccc(Br)cc2)C1. The molecule has 0 bridgehead atoms. The van der Waals surface area contributed by atoms with Crippen molar-refractivity contribution in [3.05, 3.63) is 69.9 Å². The maximum absolute atomic E-state index is 13.3. The molecule has 138 valence electrons. The molecule has 3 atom stereocenters. The Morgan fingerprint density at radius 2 is 1.62 bits per heavy atom. The van der Waals surface area contributed by atoms with Gasteiger partial charge in [-0.15, -0.1) is 0 Å². The summed E-state index contributed by atoms with van der Waals surface area (Å²) in [4.78, 5) is 12.1.